The van der Waals surface area contributed by atoms with Crippen LogP contribution in [0.5, 0.6) is 0 Å². The summed E-state index contributed by atoms with van der Waals surface area (Å²) in [6.07, 6.45) is 0.943. The topological polar surface area (TPSA) is 43.1 Å². The fourth-order valence-electron chi connectivity index (χ4n) is 1.70. The Morgan fingerprint density at radius 3 is 2.73 bits per heavy atom. The average Bonchev–Trinajstić information content (AvgIpc) is 2.27. The maximum absolute atomic E-state index is 10.8. The first-order valence-electron chi connectivity index (χ1n) is 4.88. The number of hydrogen-bond acceptors (Lipinski definition) is 2. The van der Waals surface area contributed by atoms with E-state index in [-0.39, 0.29) is 10.6 Å². The molecule has 0 saturated heterocycles. The van der Waals surface area contributed by atoms with E-state index < -0.39 is 0 Å². The van der Waals surface area contributed by atoms with Crippen LogP contribution in [0.2, 0.25) is 0 Å². The molecule has 2 aromatic carbocycles. The van der Waals surface area contributed by atoms with Crippen LogP contribution in [-0.2, 0) is 6.42 Å². The lowest BCUT2D eigenvalue weighted by Gasteiger charge is -2.01. The lowest BCUT2D eigenvalue weighted by molar-refractivity contribution is -0.383. The van der Waals surface area contributed by atoms with Gasteiger partial charge >= 0.3 is 0 Å². The number of rotatable bonds is 2. The maximum Gasteiger partial charge on any atom is 0.277 e. The van der Waals surface area contributed by atoms with Gasteiger partial charge in [-0.3, -0.25) is 10.1 Å². The normalized spacial score (nSPS) is 10.5. The van der Waals surface area contributed by atoms with Crippen LogP contribution < -0.4 is 0 Å². The van der Waals surface area contributed by atoms with Gasteiger partial charge in [0.2, 0.25) is 0 Å². The van der Waals surface area contributed by atoms with Crippen molar-refractivity contribution in [1.82, 2.24) is 0 Å². The Morgan fingerprint density at radius 2 is 2.07 bits per heavy atom. The van der Waals surface area contributed by atoms with Gasteiger partial charge in [-0.15, -0.1) is 0 Å². The first kappa shape index (κ1) is 9.65. The molecule has 0 heterocycles. The predicted octanol–water partition coefficient (Wildman–Crippen LogP) is 3.31. The molecule has 3 nitrogen and oxygen atoms in total. The molecule has 0 amide bonds. The third-order valence-corrected chi connectivity index (χ3v) is 2.53. The Kier molecular flexibility index (Phi) is 2.37. The summed E-state index contributed by atoms with van der Waals surface area (Å²) < 4.78 is 0. The second-order valence-electron chi connectivity index (χ2n) is 3.44. The monoisotopic (exact) mass is 201 g/mol. The molecular formula is C12H11NO2. The minimum Gasteiger partial charge on any atom is -0.258 e. The molecule has 0 aromatic heterocycles. The van der Waals surface area contributed by atoms with Crippen LogP contribution in [0.1, 0.15) is 12.5 Å². The Balaban J connectivity index is 2.72. The molecule has 0 spiro atoms. The fraction of sp³-hybridized carbons (Fsp3) is 0.167. The summed E-state index contributed by atoms with van der Waals surface area (Å²) in [6.45, 7) is 2.07. The van der Waals surface area contributed by atoms with E-state index >= 15 is 0 Å². The SMILES string of the molecule is CCc1ccc2c([N+](=O)[O-])cccc2c1. The summed E-state index contributed by atoms with van der Waals surface area (Å²) in [5.41, 5.74) is 1.37. The average molecular weight is 201 g/mol. The van der Waals surface area contributed by atoms with Crippen LogP contribution in [0.15, 0.2) is 36.4 Å². The highest BCUT2D eigenvalue weighted by atomic mass is 16.6. The molecule has 0 bridgehead atoms. The predicted molar refractivity (Wildman–Crippen MR) is 60.0 cm³/mol. The summed E-state index contributed by atoms with van der Waals surface area (Å²) in [4.78, 5) is 10.4. The van der Waals surface area contributed by atoms with E-state index in [9.17, 15) is 10.1 Å². The smallest absolute Gasteiger partial charge is 0.258 e. The van der Waals surface area contributed by atoms with E-state index in [2.05, 4.69) is 6.92 Å². The van der Waals surface area contributed by atoms with Gasteiger partial charge in [-0.1, -0.05) is 31.2 Å². The molecule has 0 aliphatic carbocycles. The fourth-order valence-corrected chi connectivity index (χ4v) is 1.70. The number of benzene rings is 2. The highest BCUT2D eigenvalue weighted by Crippen LogP contribution is 2.26. The van der Waals surface area contributed by atoms with Gasteiger partial charge in [-0.25, -0.2) is 0 Å². The number of hydrogen-bond donors (Lipinski definition) is 0. The molecule has 76 valence electrons. The Labute approximate surface area is 87.5 Å². The highest BCUT2D eigenvalue weighted by Gasteiger charge is 2.10. The van der Waals surface area contributed by atoms with Crippen molar-refractivity contribution in [1.29, 1.82) is 0 Å². The number of non-ortho nitro benzene ring substituents is 1. The van der Waals surface area contributed by atoms with E-state index in [0.29, 0.717) is 5.39 Å². The Bertz CT molecular complexity index is 520. The maximum atomic E-state index is 10.8. The van der Waals surface area contributed by atoms with E-state index in [0.717, 1.165) is 11.8 Å². The van der Waals surface area contributed by atoms with Crippen molar-refractivity contribution in [3.05, 3.63) is 52.1 Å². The Hall–Kier alpha value is -1.90. The van der Waals surface area contributed by atoms with Gasteiger partial charge in [0.25, 0.3) is 5.69 Å². The van der Waals surface area contributed by atoms with Crippen molar-refractivity contribution in [2.75, 3.05) is 0 Å². The van der Waals surface area contributed by atoms with Gasteiger partial charge in [0.05, 0.1) is 10.3 Å². The van der Waals surface area contributed by atoms with Gasteiger partial charge in [0.15, 0.2) is 0 Å². The third-order valence-electron chi connectivity index (χ3n) is 2.53. The lowest BCUT2D eigenvalue weighted by atomic mass is 10.0. The molecule has 0 saturated carbocycles. The quantitative estimate of drug-likeness (QED) is 0.552. The molecule has 2 rings (SSSR count). The minimum atomic E-state index is -0.339. The number of nitrogens with zero attached hydrogens (tertiary/aromatic N) is 1. The van der Waals surface area contributed by atoms with E-state index in [1.165, 1.54) is 11.6 Å². The number of aryl methyl sites for hydroxylation is 1. The van der Waals surface area contributed by atoms with Crippen molar-refractivity contribution < 1.29 is 4.92 Å². The molecule has 0 fully saturated rings. The van der Waals surface area contributed by atoms with Gasteiger partial charge in [-0.05, 0) is 23.4 Å². The molecule has 2 aromatic rings. The zero-order valence-electron chi connectivity index (χ0n) is 8.43. The molecular weight excluding hydrogens is 190 g/mol. The number of fused-ring (bicyclic) bond motifs is 1. The summed E-state index contributed by atoms with van der Waals surface area (Å²) in [5.74, 6) is 0. The van der Waals surface area contributed by atoms with Crippen molar-refractivity contribution >= 4 is 16.5 Å². The lowest BCUT2D eigenvalue weighted by Crippen LogP contribution is -1.89. The molecule has 0 unspecified atom stereocenters. The minimum absolute atomic E-state index is 0.176. The summed E-state index contributed by atoms with van der Waals surface area (Å²) in [7, 11) is 0. The standard InChI is InChI=1S/C12H11NO2/c1-2-9-6-7-11-10(8-9)4-3-5-12(11)13(14)15/h3-8H,2H2,1H3. The van der Waals surface area contributed by atoms with Crippen molar-refractivity contribution in [2.24, 2.45) is 0 Å². The first-order chi connectivity index (χ1) is 7.22. The van der Waals surface area contributed by atoms with Crippen LogP contribution >= 0.6 is 0 Å². The summed E-state index contributed by atoms with van der Waals surface area (Å²) in [6, 6.07) is 10.9. The zero-order chi connectivity index (χ0) is 10.8. The highest BCUT2D eigenvalue weighted by molar-refractivity contribution is 5.91. The summed E-state index contributed by atoms with van der Waals surface area (Å²) >= 11 is 0. The molecule has 15 heavy (non-hydrogen) atoms. The van der Waals surface area contributed by atoms with Crippen LogP contribution in [0.3, 0.4) is 0 Å². The van der Waals surface area contributed by atoms with Gasteiger partial charge in [-0.2, -0.15) is 0 Å². The molecule has 3 heteroatoms. The van der Waals surface area contributed by atoms with Gasteiger partial charge < -0.3 is 0 Å². The molecule has 0 atom stereocenters. The third kappa shape index (κ3) is 1.68. The molecule has 0 aliphatic heterocycles. The number of nitro benzene ring substituents is 1. The first-order valence-corrected chi connectivity index (χ1v) is 4.88. The zero-order valence-corrected chi connectivity index (χ0v) is 8.43. The Morgan fingerprint density at radius 1 is 1.27 bits per heavy atom. The van der Waals surface area contributed by atoms with Crippen LogP contribution in [-0.4, -0.2) is 4.92 Å². The largest absolute Gasteiger partial charge is 0.277 e. The summed E-state index contributed by atoms with van der Waals surface area (Å²) in [5, 5.41) is 12.4. The molecule has 0 aliphatic rings. The van der Waals surface area contributed by atoms with E-state index in [1.54, 1.807) is 6.07 Å². The van der Waals surface area contributed by atoms with Crippen molar-refractivity contribution in [2.45, 2.75) is 13.3 Å². The van der Waals surface area contributed by atoms with Gasteiger partial charge in [0, 0.05) is 6.07 Å². The second-order valence-corrected chi connectivity index (χ2v) is 3.44. The van der Waals surface area contributed by atoms with E-state index in [4.69, 9.17) is 0 Å². The van der Waals surface area contributed by atoms with Crippen LogP contribution in [0, 0.1) is 10.1 Å². The van der Waals surface area contributed by atoms with E-state index in [1.807, 2.05) is 24.3 Å². The molecule has 0 radical (unpaired) electrons. The van der Waals surface area contributed by atoms with Crippen molar-refractivity contribution in [3.63, 3.8) is 0 Å². The van der Waals surface area contributed by atoms with Crippen molar-refractivity contribution in [3.8, 4) is 0 Å². The number of nitro groups is 1. The van der Waals surface area contributed by atoms with Crippen LogP contribution in [0.4, 0.5) is 5.69 Å². The van der Waals surface area contributed by atoms with Crippen LogP contribution in [0.25, 0.3) is 10.8 Å². The molecule has 0 N–H and O–H groups in total. The van der Waals surface area contributed by atoms with Gasteiger partial charge in [0.1, 0.15) is 0 Å². The second kappa shape index (κ2) is 3.69.